The first kappa shape index (κ1) is 23.9. The van der Waals surface area contributed by atoms with Crippen molar-refractivity contribution in [2.75, 3.05) is 0 Å². The van der Waals surface area contributed by atoms with Crippen molar-refractivity contribution in [3.05, 3.63) is 138 Å². The maximum atomic E-state index is 4.75. The maximum Gasteiger partial charge on any atom is 0.0702 e. The van der Waals surface area contributed by atoms with Crippen LogP contribution in [0.15, 0.2) is 115 Å². The van der Waals surface area contributed by atoms with Crippen molar-refractivity contribution in [2.45, 2.75) is 38.5 Å². The highest BCUT2D eigenvalue weighted by Gasteiger charge is 2.43. The molecule has 1 aromatic heterocycles. The molecule has 0 saturated carbocycles. The lowest BCUT2D eigenvalue weighted by atomic mass is 9.78. The van der Waals surface area contributed by atoms with Crippen molar-refractivity contribution in [3.63, 3.8) is 0 Å². The third kappa shape index (κ3) is 2.96. The quantitative estimate of drug-likeness (QED) is 0.190. The van der Waals surface area contributed by atoms with E-state index >= 15 is 0 Å². The van der Waals surface area contributed by atoms with E-state index < -0.39 is 0 Å². The average Bonchev–Trinajstić information content (AvgIpc) is 3.39. The monoisotopic (exact) mass is 537 g/mol. The topological polar surface area (TPSA) is 12.9 Å². The van der Waals surface area contributed by atoms with Crippen LogP contribution in [0, 0.1) is 0 Å². The van der Waals surface area contributed by atoms with Gasteiger partial charge >= 0.3 is 0 Å². The van der Waals surface area contributed by atoms with Gasteiger partial charge in [-0.05, 0) is 102 Å². The Morgan fingerprint density at radius 3 is 1.90 bits per heavy atom. The van der Waals surface area contributed by atoms with Crippen molar-refractivity contribution in [1.29, 1.82) is 0 Å². The molecule has 6 aromatic carbocycles. The van der Waals surface area contributed by atoms with Crippen LogP contribution < -0.4 is 0 Å². The zero-order valence-electron chi connectivity index (χ0n) is 24.4. The van der Waals surface area contributed by atoms with Gasteiger partial charge in [0.1, 0.15) is 0 Å². The van der Waals surface area contributed by atoms with Crippen LogP contribution in [0.4, 0.5) is 0 Å². The van der Waals surface area contributed by atoms with Gasteiger partial charge in [-0.25, -0.2) is 0 Å². The molecule has 2 aliphatic rings. The summed E-state index contributed by atoms with van der Waals surface area (Å²) in [5.74, 6) is 0. The predicted molar refractivity (Wildman–Crippen MR) is 177 cm³/mol. The zero-order chi connectivity index (χ0) is 28.4. The third-order valence-corrected chi connectivity index (χ3v) is 10.2. The molecule has 0 unspecified atom stereocenters. The van der Waals surface area contributed by atoms with Gasteiger partial charge in [-0.3, -0.25) is 4.98 Å². The van der Waals surface area contributed by atoms with Crippen LogP contribution >= 0.6 is 0 Å². The van der Waals surface area contributed by atoms with E-state index in [0.29, 0.717) is 0 Å². The molecular formula is C41H31N. The highest BCUT2D eigenvalue weighted by molar-refractivity contribution is 6.18. The fraction of sp³-hybridized carbons (Fsp3) is 0.146. The van der Waals surface area contributed by atoms with Gasteiger partial charge in [0.25, 0.3) is 0 Å². The van der Waals surface area contributed by atoms with Crippen molar-refractivity contribution in [3.8, 4) is 33.4 Å². The number of aromatic nitrogens is 1. The van der Waals surface area contributed by atoms with Crippen molar-refractivity contribution < 1.29 is 0 Å². The van der Waals surface area contributed by atoms with E-state index in [9.17, 15) is 0 Å². The smallest absolute Gasteiger partial charge is 0.0702 e. The number of fused-ring (bicyclic) bond motifs is 12. The SMILES string of the molecule is CC1(C)c2cc(-c3cnc4ccccc4c3)ccc2-c2cc3c(cc21)-c1c(c2ccccc2c2ccccc12)C3(C)C. The Bertz CT molecular complexity index is 2300. The molecule has 0 bridgehead atoms. The molecule has 0 saturated heterocycles. The molecule has 0 radical (unpaired) electrons. The number of hydrogen-bond donors (Lipinski definition) is 0. The van der Waals surface area contributed by atoms with Crippen LogP contribution in [0.1, 0.15) is 49.9 Å². The van der Waals surface area contributed by atoms with Gasteiger partial charge in [0.15, 0.2) is 0 Å². The predicted octanol–water partition coefficient (Wildman–Crippen LogP) is 10.8. The second-order valence-electron chi connectivity index (χ2n) is 13.2. The Balaban J connectivity index is 1.28. The standard InChI is InChI=1S/C41H31N/c1-40(2)34-20-24(26-19-25-11-5-10-16-37(25)42-23-26)17-18-29(34)32-21-36-33(22-35(32)40)38-30-14-8-6-12-27(30)28-13-7-9-15-31(28)39(38)41(36,3)4/h5-23H,1-4H3. The lowest BCUT2D eigenvalue weighted by Crippen LogP contribution is -2.17. The molecule has 0 aliphatic heterocycles. The van der Waals surface area contributed by atoms with E-state index in [0.717, 1.165) is 5.52 Å². The molecule has 1 nitrogen and oxygen atoms in total. The van der Waals surface area contributed by atoms with Crippen LogP contribution in [0.2, 0.25) is 0 Å². The van der Waals surface area contributed by atoms with E-state index in [1.165, 1.54) is 82.6 Å². The highest BCUT2D eigenvalue weighted by Crippen LogP contribution is 2.59. The van der Waals surface area contributed by atoms with E-state index in [4.69, 9.17) is 4.98 Å². The second kappa shape index (κ2) is 7.95. The molecule has 0 N–H and O–H groups in total. The highest BCUT2D eigenvalue weighted by atomic mass is 14.6. The van der Waals surface area contributed by atoms with E-state index in [1.54, 1.807) is 0 Å². The van der Waals surface area contributed by atoms with Gasteiger partial charge in [-0.1, -0.05) is 107 Å². The maximum absolute atomic E-state index is 4.75. The molecule has 200 valence electrons. The molecule has 1 heteroatoms. The van der Waals surface area contributed by atoms with Crippen molar-refractivity contribution in [2.24, 2.45) is 0 Å². The van der Waals surface area contributed by atoms with Gasteiger partial charge in [-0.15, -0.1) is 0 Å². The van der Waals surface area contributed by atoms with Crippen LogP contribution in [-0.4, -0.2) is 4.98 Å². The summed E-state index contributed by atoms with van der Waals surface area (Å²) in [4.78, 5) is 4.75. The summed E-state index contributed by atoms with van der Waals surface area (Å²) in [6.07, 6.45) is 2.02. The zero-order valence-corrected chi connectivity index (χ0v) is 24.4. The summed E-state index contributed by atoms with van der Waals surface area (Å²) in [5, 5.41) is 6.60. The number of benzene rings is 6. The summed E-state index contributed by atoms with van der Waals surface area (Å²) in [5.41, 5.74) is 14.5. The van der Waals surface area contributed by atoms with Gasteiger partial charge in [0.05, 0.1) is 5.52 Å². The number of rotatable bonds is 1. The van der Waals surface area contributed by atoms with Crippen LogP contribution in [0.5, 0.6) is 0 Å². The Labute approximate surface area is 246 Å². The molecule has 42 heavy (non-hydrogen) atoms. The summed E-state index contributed by atoms with van der Waals surface area (Å²) in [6, 6.07) is 40.7. The molecule has 0 atom stereocenters. The van der Waals surface area contributed by atoms with E-state index in [1.807, 2.05) is 12.3 Å². The molecule has 2 aliphatic carbocycles. The Hall–Kier alpha value is -4.75. The van der Waals surface area contributed by atoms with E-state index in [-0.39, 0.29) is 10.8 Å². The first-order chi connectivity index (χ1) is 20.3. The fourth-order valence-corrected chi connectivity index (χ4v) is 8.12. The largest absolute Gasteiger partial charge is 0.256 e. The second-order valence-corrected chi connectivity index (χ2v) is 13.2. The van der Waals surface area contributed by atoms with Gasteiger partial charge in [0, 0.05) is 28.0 Å². The molecule has 0 spiro atoms. The summed E-state index contributed by atoms with van der Waals surface area (Å²) in [7, 11) is 0. The Kier molecular flexibility index (Phi) is 4.53. The lowest BCUT2D eigenvalue weighted by molar-refractivity contribution is 0.654. The minimum Gasteiger partial charge on any atom is -0.256 e. The summed E-state index contributed by atoms with van der Waals surface area (Å²) < 4.78 is 0. The van der Waals surface area contributed by atoms with Crippen LogP contribution in [0.3, 0.4) is 0 Å². The minimum atomic E-state index is -0.112. The average molecular weight is 538 g/mol. The normalized spacial score (nSPS) is 15.5. The molecule has 1 heterocycles. The van der Waals surface area contributed by atoms with Gasteiger partial charge in [-0.2, -0.15) is 0 Å². The molecule has 7 aromatic rings. The van der Waals surface area contributed by atoms with Gasteiger partial charge in [0.2, 0.25) is 0 Å². The summed E-state index contributed by atoms with van der Waals surface area (Å²) >= 11 is 0. The molecule has 0 fully saturated rings. The number of nitrogens with zero attached hydrogens (tertiary/aromatic N) is 1. The number of hydrogen-bond acceptors (Lipinski definition) is 1. The lowest BCUT2D eigenvalue weighted by Gasteiger charge is -2.25. The molecule has 0 amide bonds. The number of pyridine rings is 1. The van der Waals surface area contributed by atoms with Crippen LogP contribution in [-0.2, 0) is 10.8 Å². The summed E-state index contributed by atoms with van der Waals surface area (Å²) in [6.45, 7) is 9.63. The fourth-order valence-electron chi connectivity index (χ4n) is 8.12. The molecule has 9 rings (SSSR count). The Morgan fingerprint density at radius 1 is 0.476 bits per heavy atom. The first-order valence-electron chi connectivity index (χ1n) is 15.0. The first-order valence-corrected chi connectivity index (χ1v) is 15.0. The van der Waals surface area contributed by atoms with Crippen molar-refractivity contribution >= 4 is 32.4 Å². The van der Waals surface area contributed by atoms with E-state index in [2.05, 4.69) is 131 Å². The van der Waals surface area contributed by atoms with Crippen LogP contribution in [0.25, 0.3) is 65.8 Å². The van der Waals surface area contributed by atoms with Gasteiger partial charge < -0.3 is 0 Å². The number of para-hydroxylation sites is 1. The third-order valence-electron chi connectivity index (χ3n) is 10.2. The molecular weight excluding hydrogens is 506 g/mol. The Morgan fingerprint density at radius 2 is 1.10 bits per heavy atom. The van der Waals surface area contributed by atoms with Crippen molar-refractivity contribution in [1.82, 2.24) is 4.98 Å². The minimum absolute atomic E-state index is 0.104.